The molecule has 0 aliphatic carbocycles. The maximum atomic E-state index is 9.31. The third kappa shape index (κ3) is 6.45. The van der Waals surface area contributed by atoms with Crippen LogP contribution < -0.4 is 0 Å². The molecule has 0 fully saturated rings. The van der Waals surface area contributed by atoms with E-state index in [2.05, 4.69) is 47.6 Å². The third-order valence-electron chi connectivity index (χ3n) is 8.20. The molecule has 0 spiro atoms. The summed E-state index contributed by atoms with van der Waals surface area (Å²) in [7, 11) is 0. The number of aromatic nitrogens is 10. The maximum absolute atomic E-state index is 9.31. The van der Waals surface area contributed by atoms with Crippen LogP contribution in [0, 0.1) is 0 Å². The molecule has 0 bridgehead atoms. The molecule has 0 saturated carbocycles. The standard InChI is InChI=1S/C22H16ClN5O.C15H10ClN5/c23-18-12-16(4-5-17(18)13-29)20-7-8-21-25-26-22(28(21)27-20)11-14-3-6-19-15(10-14)2-1-9-24-19;16-13-5-6-14-18-19-15(21(14)20-13)9-10-3-4-12-11(8-10)2-1-7-17-12/h1-10,12,29H,11,13H2;1-8H,9H2. The number of aliphatic hydroxyl groups excluding tert-OH is 1. The van der Waals surface area contributed by atoms with Crippen molar-refractivity contribution in [2.75, 3.05) is 0 Å². The molecule has 50 heavy (non-hydrogen) atoms. The Bertz CT molecular complexity index is 2660. The first-order chi connectivity index (χ1) is 24.5. The van der Waals surface area contributed by atoms with Gasteiger partial charge in [-0.15, -0.1) is 20.4 Å². The molecular formula is C37H26Cl2N10O. The van der Waals surface area contributed by atoms with Gasteiger partial charge >= 0.3 is 0 Å². The van der Waals surface area contributed by atoms with Crippen LogP contribution in [0.1, 0.15) is 28.3 Å². The quantitative estimate of drug-likeness (QED) is 0.195. The lowest BCUT2D eigenvalue weighted by molar-refractivity contribution is 0.282. The van der Waals surface area contributed by atoms with Gasteiger partial charge in [-0.3, -0.25) is 9.97 Å². The van der Waals surface area contributed by atoms with E-state index >= 15 is 0 Å². The topological polar surface area (TPSA) is 132 Å². The van der Waals surface area contributed by atoms with E-state index in [0.717, 1.165) is 55.8 Å². The molecular weight excluding hydrogens is 671 g/mol. The zero-order valence-corrected chi connectivity index (χ0v) is 27.8. The fraction of sp³-hybridized carbons (Fsp3) is 0.0811. The fourth-order valence-electron chi connectivity index (χ4n) is 5.69. The molecule has 0 atom stereocenters. The Balaban J connectivity index is 0.000000152. The summed E-state index contributed by atoms with van der Waals surface area (Å²) < 4.78 is 3.44. The first kappa shape index (κ1) is 31.4. The summed E-state index contributed by atoms with van der Waals surface area (Å²) in [5.74, 6) is 1.51. The molecule has 1 N–H and O–H groups in total. The molecule has 9 aromatic rings. The lowest BCUT2D eigenvalue weighted by Crippen LogP contribution is -2.01. The summed E-state index contributed by atoms with van der Waals surface area (Å²) in [6.45, 7) is -0.0948. The highest BCUT2D eigenvalue weighted by molar-refractivity contribution is 6.31. The molecule has 0 aliphatic heterocycles. The zero-order valence-electron chi connectivity index (χ0n) is 26.3. The van der Waals surface area contributed by atoms with Gasteiger partial charge in [0.25, 0.3) is 0 Å². The molecule has 0 aliphatic rings. The molecule has 244 valence electrons. The summed E-state index contributed by atoms with van der Waals surface area (Å²) >= 11 is 12.2. The average molecular weight is 698 g/mol. The van der Waals surface area contributed by atoms with Crippen LogP contribution in [-0.4, -0.2) is 54.7 Å². The van der Waals surface area contributed by atoms with Crippen LogP contribution in [0.5, 0.6) is 0 Å². The highest BCUT2D eigenvalue weighted by Gasteiger charge is 2.12. The van der Waals surface area contributed by atoms with Gasteiger partial charge in [-0.1, -0.05) is 59.6 Å². The Hall–Kier alpha value is -5.88. The highest BCUT2D eigenvalue weighted by Crippen LogP contribution is 2.25. The Morgan fingerprint density at radius 3 is 1.78 bits per heavy atom. The van der Waals surface area contributed by atoms with Crippen molar-refractivity contribution in [1.29, 1.82) is 0 Å². The van der Waals surface area contributed by atoms with Gasteiger partial charge in [0.2, 0.25) is 0 Å². The number of halogens is 2. The van der Waals surface area contributed by atoms with E-state index in [9.17, 15) is 5.11 Å². The number of benzene rings is 3. The number of aliphatic hydroxyl groups is 1. The van der Waals surface area contributed by atoms with Crippen molar-refractivity contribution in [3.05, 3.63) is 154 Å². The Kier molecular flexibility index (Phi) is 8.51. The molecule has 0 amide bonds. The first-order valence-corrected chi connectivity index (χ1v) is 16.4. The Morgan fingerprint density at radius 1 is 0.580 bits per heavy atom. The second-order valence-corrected chi connectivity index (χ2v) is 12.3. The lowest BCUT2D eigenvalue weighted by Gasteiger charge is -2.06. The van der Waals surface area contributed by atoms with Crippen molar-refractivity contribution in [2.24, 2.45) is 0 Å². The largest absolute Gasteiger partial charge is 0.392 e. The van der Waals surface area contributed by atoms with Gasteiger partial charge in [0.1, 0.15) is 5.15 Å². The molecule has 9 rings (SSSR count). The Morgan fingerprint density at radius 2 is 1.18 bits per heavy atom. The number of pyridine rings is 2. The second kappa shape index (κ2) is 13.6. The fourth-order valence-corrected chi connectivity index (χ4v) is 6.07. The minimum absolute atomic E-state index is 0.0948. The summed E-state index contributed by atoms with van der Waals surface area (Å²) in [4.78, 5) is 8.68. The second-order valence-electron chi connectivity index (χ2n) is 11.5. The molecule has 13 heteroatoms. The minimum atomic E-state index is -0.0948. The van der Waals surface area contributed by atoms with Crippen LogP contribution in [0.4, 0.5) is 0 Å². The summed E-state index contributed by atoms with van der Waals surface area (Å²) in [6, 6.07) is 33.1. The minimum Gasteiger partial charge on any atom is -0.392 e. The van der Waals surface area contributed by atoms with Crippen molar-refractivity contribution in [3.8, 4) is 11.3 Å². The van der Waals surface area contributed by atoms with Crippen molar-refractivity contribution in [2.45, 2.75) is 19.4 Å². The SMILES string of the molecule is Clc1ccc2nnc(Cc3ccc4ncccc4c3)n2n1.OCc1ccc(-c2ccc3nnc(Cc4ccc5ncccc5c4)n3n2)cc1Cl. The van der Waals surface area contributed by atoms with Gasteiger partial charge in [0.05, 0.1) is 23.3 Å². The average Bonchev–Trinajstić information content (AvgIpc) is 3.74. The highest BCUT2D eigenvalue weighted by atomic mass is 35.5. The number of rotatable bonds is 6. The van der Waals surface area contributed by atoms with Crippen LogP contribution in [0.2, 0.25) is 10.2 Å². The van der Waals surface area contributed by atoms with E-state index in [1.54, 1.807) is 39.6 Å². The molecule has 11 nitrogen and oxygen atoms in total. The molecule has 6 aromatic heterocycles. The third-order valence-corrected chi connectivity index (χ3v) is 8.75. The van der Waals surface area contributed by atoms with Gasteiger partial charge in [-0.25, -0.2) is 0 Å². The van der Waals surface area contributed by atoms with Gasteiger partial charge in [-0.05, 0) is 83.4 Å². The lowest BCUT2D eigenvalue weighted by atomic mass is 10.1. The van der Waals surface area contributed by atoms with Crippen LogP contribution in [0.3, 0.4) is 0 Å². The smallest absolute Gasteiger partial charge is 0.178 e. The Labute approximate surface area is 294 Å². The molecule has 0 saturated heterocycles. The van der Waals surface area contributed by atoms with Crippen LogP contribution in [-0.2, 0) is 19.4 Å². The number of nitrogens with zero attached hydrogens (tertiary/aromatic N) is 10. The van der Waals surface area contributed by atoms with Gasteiger partial charge < -0.3 is 5.11 Å². The zero-order chi connectivity index (χ0) is 34.0. The van der Waals surface area contributed by atoms with Crippen molar-refractivity contribution < 1.29 is 5.11 Å². The van der Waals surface area contributed by atoms with E-state index in [0.29, 0.717) is 39.9 Å². The van der Waals surface area contributed by atoms with Crippen LogP contribution >= 0.6 is 23.2 Å². The van der Waals surface area contributed by atoms with Crippen LogP contribution in [0.25, 0.3) is 44.4 Å². The monoisotopic (exact) mass is 696 g/mol. The molecule has 3 aromatic carbocycles. The van der Waals surface area contributed by atoms with E-state index < -0.39 is 0 Å². The summed E-state index contributed by atoms with van der Waals surface area (Å²) in [5, 5.41) is 38.2. The molecule has 0 unspecified atom stereocenters. The van der Waals surface area contributed by atoms with Crippen molar-refractivity contribution in [1.82, 2.24) is 49.6 Å². The van der Waals surface area contributed by atoms with Crippen molar-refractivity contribution in [3.63, 3.8) is 0 Å². The number of fused-ring (bicyclic) bond motifs is 4. The maximum Gasteiger partial charge on any atom is 0.178 e. The predicted octanol–water partition coefficient (Wildman–Crippen LogP) is 6.99. The van der Waals surface area contributed by atoms with E-state index in [1.165, 1.54) is 0 Å². The normalized spacial score (nSPS) is 11.3. The molecule has 6 heterocycles. The van der Waals surface area contributed by atoms with Gasteiger partial charge in [0.15, 0.2) is 22.9 Å². The summed E-state index contributed by atoms with van der Waals surface area (Å²) in [6.07, 6.45) is 4.82. The number of hydrogen-bond acceptors (Lipinski definition) is 9. The van der Waals surface area contributed by atoms with Gasteiger partial charge in [-0.2, -0.15) is 19.2 Å². The van der Waals surface area contributed by atoms with E-state index in [-0.39, 0.29) is 6.61 Å². The first-order valence-electron chi connectivity index (χ1n) is 15.7. The van der Waals surface area contributed by atoms with Crippen molar-refractivity contribution >= 4 is 56.3 Å². The van der Waals surface area contributed by atoms with Crippen LogP contribution in [0.15, 0.2) is 116 Å². The van der Waals surface area contributed by atoms with E-state index in [4.69, 9.17) is 28.3 Å². The predicted molar refractivity (Wildman–Crippen MR) is 192 cm³/mol. The summed E-state index contributed by atoms with van der Waals surface area (Å²) in [5.41, 5.74) is 7.88. The van der Waals surface area contributed by atoms with E-state index in [1.807, 2.05) is 72.8 Å². The van der Waals surface area contributed by atoms with Gasteiger partial charge in [0, 0.05) is 46.6 Å². The molecule has 0 radical (unpaired) electrons. The number of hydrogen-bond donors (Lipinski definition) is 1.